The van der Waals surface area contributed by atoms with Gasteiger partial charge >= 0.3 is 0 Å². The van der Waals surface area contributed by atoms with Crippen molar-refractivity contribution < 1.29 is 5.11 Å². The van der Waals surface area contributed by atoms with Gasteiger partial charge in [-0.1, -0.05) is 0 Å². The van der Waals surface area contributed by atoms with Crippen LogP contribution in [-0.2, 0) is 6.54 Å². The Bertz CT molecular complexity index is 437. The molecule has 104 valence electrons. The molecular weight excluding hydrogens is 238 g/mol. The van der Waals surface area contributed by atoms with E-state index < -0.39 is 0 Å². The Morgan fingerprint density at radius 2 is 2.05 bits per heavy atom. The lowest BCUT2D eigenvalue weighted by molar-refractivity contribution is 0.145. The van der Waals surface area contributed by atoms with Gasteiger partial charge in [-0.25, -0.2) is 4.98 Å². The number of aryl methyl sites for hydroxylation is 1. The molecule has 4 nitrogen and oxygen atoms in total. The molecule has 4 heteroatoms. The Kier molecular flexibility index (Phi) is 3.71. The van der Waals surface area contributed by atoms with Crippen LogP contribution >= 0.6 is 0 Å². The van der Waals surface area contributed by atoms with Crippen LogP contribution in [0.3, 0.4) is 0 Å². The van der Waals surface area contributed by atoms with E-state index in [0.717, 1.165) is 44.3 Å². The van der Waals surface area contributed by atoms with E-state index in [4.69, 9.17) is 0 Å². The normalized spacial score (nSPS) is 20.8. The first-order valence-electron chi connectivity index (χ1n) is 7.34. The van der Waals surface area contributed by atoms with Crippen molar-refractivity contribution in [1.82, 2.24) is 10.3 Å². The number of rotatable bonds is 4. The highest BCUT2D eigenvalue weighted by Gasteiger charge is 2.21. The smallest absolute Gasteiger partial charge is 0.131 e. The summed E-state index contributed by atoms with van der Waals surface area (Å²) in [6.07, 6.45) is 6.21. The van der Waals surface area contributed by atoms with Gasteiger partial charge in [0.15, 0.2) is 0 Å². The number of anilines is 1. The first-order valence-corrected chi connectivity index (χ1v) is 7.34. The second kappa shape index (κ2) is 5.47. The zero-order valence-electron chi connectivity index (χ0n) is 11.6. The molecule has 1 aliphatic carbocycles. The first-order chi connectivity index (χ1) is 9.22. The number of hydrogen-bond donors (Lipinski definition) is 2. The molecule has 1 aliphatic heterocycles. The van der Waals surface area contributed by atoms with E-state index in [2.05, 4.69) is 28.2 Å². The Balaban J connectivity index is 1.64. The van der Waals surface area contributed by atoms with Crippen LogP contribution < -0.4 is 10.2 Å². The van der Waals surface area contributed by atoms with Crippen molar-refractivity contribution in [3.8, 4) is 0 Å². The fraction of sp³-hybridized carbons (Fsp3) is 0.667. The van der Waals surface area contributed by atoms with Crippen molar-refractivity contribution in [3.63, 3.8) is 0 Å². The molecule has 1 aromatic rings. The van der Waals surface area contributed by atoms with Crippen molar-refractivity contribution in [2.45, 2.75) is 51.3 Å². The summed E-state index contributed by atoms with van der Waals surface area (Å²) >= 11 is 0. The van der Waals surface area contributed by atoms with Crippen molar-refractivity contribution in [2.24, 2.45) is 0 Å². The van der Waals surface area contributed by atoms with Crippen molar-refractivity contribution in [2.75, 3.05) is 18.0 Å². The molecule has 2 N–H and O–H groups in total. The maximum atomic E-state index is 9.56. The Morgan fingerprint density at radius 1 is 1.32 bits per heavy atom. The highest BCUT2D eigenvalue weighted by Crippen LogP contribution is 2.23. The number of nitrogens with one attached hydrogen (secondary N) is 1. The average Bonchev–Trinajstić information content (AvgIpc) is 3.22. The van der Waals surface area contributed by atoms with E-state index in [0.29, 0.717) is 0 Å². The molecule has 1 aromatic heterocycles. The van der Waals surface area contributed by atoms with Gasteiger partial charge in [-0.3, -0.25) is 0 Å². The number of aromatic nitrogens is 1. The van der Waals surface area contributed by atoms with Gasteiger partial charge < -0.3 is 15.3 Å². The number of nitrogens with zero attached hydrogens (tertiary/aromatic N) is 2. The lowest BCUT2D eigenvalue weighted by Gasteiger charge is -2.31. The number of pyridine rings is 1. The largest absolute Gasteiger partial charge is 0.393 e. The quantitative estimate of drug-likeness (QED) is 0.864. The molecule has 2 aliphatic rings. The van der Waals surface area contributed by atoms with E-state index >= 15 is 0 Å². The van der Waals surface area contributed by atoms with Gasteiger partial charge in [-0.15, -0.1) is 0 Å². The first kappa shape index (κ1) is 12.9. The van der Waals surface area contributed by atoms with E-state index in [-0.39, 0.29) is 6.10 Å². The minimum absolute atomic E-state index is 0.126. The summed E-state index contributed by atoms with van der Waals surface area (Å²) in [4.78, 5) is 6.92. The Labute approximate surface area is 114 Å². The molecule has 2 fully saturated rings. The summed E-state index contributed by atoms with van der Waals surface area (Å²) in [5.74, 6) is 1.09. The molecular formula is C15H23N3O. The molecule has 3 rings (SSSR count). The van der Waals surface area contributed by atoms with Crippen LogP contribution in [0.15, 0.2) is 12.3 Å². The highest BCUT2D eigenvalue weighted by molar-refractivity contribution is 5.47. The molecule has 19 heavy (non-hydrogen) atoms. The van der Waals surface area contributed by atoms with Crippen LogP contribution in [0.25, 0.3) is 0 Å². The second-order valence-corrected chi connectivity index (χ2v) is 5.86. The van der Waals surface area contributed by atoms with Crippen LogP contribution in [0.1, 0.15) is 36.8 Å². The lowest BCUT2D eigenvalue weighted by atomic mass is 10.1. The SMILES string of the molecule is Cc1cc(CNC2CC2)cnc1N1CCC(O)CC1. The fourth-order valence-corrected chi connectivity index (χ4v) is 2.68. The molecule has 2 heterocycles. The molecule has 0 radical (unpaired) electrons. The van der Waals surface area contributed by atoms with Gasteiger partial charge in [0.05, 0.1) is 6.10 Å². The standard InChI is InChI=1S/C15H23N3O/c1-11-8-12(9-16-13-2-3-13)10-17-15(11)18-6-4-14(19)5-7-18/h8,10,13-14,16,19H,2-7,9H2,1H3. The predicted octanol–water partition coefficient (Wildman–Crippen LogP) is 1.60. The minimum atomic E-state index is -0.126. The Hall–Kier alpha value is -1.13. The highest BCUT2D eigenvalue weighted by atomic mass is 16.3. The zero-order chi connectivity index (χ0) is 13.2. The third-order valence-electron chi connectivity index (χ3n) is 4.04. The maximum Gasteiger partial charge on any atom is 0.131 e. The van der Waals surface area contributed by atoms with Crippen LogP contribution in [-0.4, -0.2) is 35.3 Å². The molecule has 0 unspecified atom stereocenters. The van der Waals surface area contributed by atoms with E-state index in [1.54, 1.807) is 0 Å². The van der Waals surface area contributed by atoms with Gasteiger partial charge in [0.2, 0.25) is 0 Å². The minimum Gasteiger partial charge on any atom is -0.393 e. The van der Waals surface area contributed by atoms with Gasteiger partial charge in [-0.2, -0.15) is 0 Å². The van der Waals surface area contributed by atoms with Crippen LogP contribution in [0, 0.1) is 6.92 Å². The molecule has 0 spiro atoms. The van der Waals surface area contributed by atoms with Gasteiger partial charge in [0.25, 0.3) is 0 Å². The summed E-state index contributed by atoms with van der Waals surface area (Å²) in [5.41, 5.74) is 2.51. The average molecular weight is 261 g/mol. The molecule has 0 aromatic carbocycles. The molecule has 1 saturated heterocycles. The summed E-state index contributed by atoms with van der Waals surface area (Å²) < 4.78 is 0. The van der Waals surface area contributed by atoms with Crippen molar-refractivity contribution >= 4 is 5.82 Å². The predicted molar refractivity (Wildman–Crippen MR) is 76.3 cm³/mol. The molecule has 0 bridgehead atoms. The van der Waals surface area contributed by atoms with Crippen LogP contribution in [0.4, 0.5) is 5.82 Å². The lowest BCUT2D eigenvalue weighted by Crippen LogP contribution is -2.36. The fourth-order valence-electron chi connectivity index (χ4n) is 2.68. The van der Waals surface area contributed by atoms with Gasteiger partial charge in [0.1, 0.15) is 5.82 Å². The van der Waals surface area contributed by atoms with Crippen LogP contribution in [0.2, 0.25) is 0 Å². The maximum absolute atomic E-state index is 9.56. The Morgan fingerprint density at radius 3 is 2.68 bits per heavy atom. The zero-order valence-corrected chi connectivity index (χ0v) is 11.6. The summed E-state index contributed by atoms with van der Waals surface area (Å²) in [6.45, 7) is 4.88. The van der Waals surface area contributed by atoms with Gasteiger partial charge in [0, 0.05) is 31.9 Å². The van der Waals surface area contributed by atoms with Gasteiger partial charge in [-0.05, 0) is 49.8 Å². The van der Waals surface area contributed by atoms with E-state index in [1.165, 1.54) is 24.0 Å². The monoisotopic (exact) mass is 261 g/mol. The second-order valence-electron chi connectivity index (χ2n) is 5.86. The molecule has 0 atom stereocenters. The number of aliphatic hydroxyl groups is 1. The van der Waals surface area contributed by atoms with Crippen LogP contribution in [0.5, 0.6) is 0 Å². The molecule has 0 amide bonds. The van der Waals surface area contributed by atoms with Crippen molar-refractivity contribution in [3.05, 3.63) is 23.4 Å². The number of piperidine rings is 1. The molecule has 1 saturated carbocycles. The topological polar surface area (TPSA) is 48.4 Å². The van der Waals surface area contributed by atoms with Crippen molar-refractivity contribution in [1.29, 1.82) is 0 Å². The number of aliphatic hydroxyl groups excluding tert-OH is 1. The third-order valence-corrected chi connectivity index (χ3v) is 4.04. The van der Waals surface area contributed by atoms with E-state index in [1.807, 2.05) is 6.20 Å². The van der Waals surface area contributed by atoms with E-state index in [9.17, 15) is 5.11 Å². The summed E-state index contributed by atoms with van der Waals surface area (Å²) in [6, 6.07) is 2.98. The number of hydrogen-bond acceptors (Lipinski definition) is 4. The summed E-state index contributed by atoms with van der Waals surface area (Å²) in [7, 11) is 0. The third kappa shape index (κ3) is 3.25. The summed E-state index contributed by atoms with van der Waals surface area (Å²) in [5, 5.41) is 13.1.